The Morgan fingerprint density at radius 2 is 1.93 bits per heavy atom. The Morgan fingerprint density at radius 3 is 2.87 bits per heavy atom. The summed E-state index contributed by atoms with van der Waals surface area (Å²) >= 11 is 0. The highest BCUT2D eigenvalue weighted by molar-refractivity contribution is 5.84. The highest BCUT2D eigenvalue weighted by Gasteiger charge is 2.12. The Balaban J connectivity index is 1.44. The molecule has 0 radical (unpaired) electrons. The Morgan fingerprint density at radius 1 is 0.933 bits per heavy atom. The van der Waals surface area contributed by atoms with Gasteiger partial charge in [-0.05, 0) is 48.5 Å². The minimum absolute atomic E-state index is 0.606. The highest BCUT2D eigenvalue weighted by atomic mass is 15.4. The summed E-state index contributed by atoms with van der Waals surface area (Å²) in [5.41, 5.74) is 6.66. The number of hydrogen-bond acceptors (Lipinski definition) is 5. The maximum absolute atomic E-state index is 4.49. The molecule has 0 unspecified atom stereocenters. The van der Waals surface area contributed by atoms with Crippen molar-refractivity contribution < 1.29 is 0 Å². The second-order valence-corrected chi connectivity index (χ2v) is 7.04. The Kier molecular flexibility index (Phi) is 3.67. The molecule has 1 N–H and O–H groups in total. The highest BCUT2D eigenvalue weighted by Crippen LogP contribution is 2.26. The second-order valence-electron chi connectivity index (χ2n) is 7.04. The summed E-state index contributed by atoms with van der Waals surface area (Å²) in [4.78, 5) is 4.41. The molecule has 0 atom stereocenters. The third-order valence-electron chi connectivity index (χ3n) is 5.17. The first-order chi connectivity index (χ1) is 14.8. The molecule has 4 heterocycles. The summed E-state index contributed by atoms with van der Waals surface area (Å²) in [6, 6.07) is 20.1. The molecule has 0 saturated carbocycles. The van der Waals surface area contributed by atoms with Gasteiger partial charge in [0, 0.05) is 23.3 Å². The molecule has 4 aromatic heterocycles. The molecule has 30 heavy (non-hydrogen) atoms. The van der Waals surface area contributed by atoms with E-state index in [0.717, 1.165) is 44.6 Å². The van der Waals surface area contributed by atoms with Crippen LogP contribution in [0.25, 0.3) is 38.9 Å². The summed E-state index contributed by atoms with van der Waals surface area (Å²) < 4.78 is 3.80. The van der Waals surface area contributed by atoms with Crippen molar-refractivity contribution in [2.75, 3.05) is 0 Å². The van der Waals surface area contributed by atoms with Crippen molar-refractivity contribution in [1.29, 1.82) is 0 Å². The summed E-state index contributed by atoms with van der Waals surface area (Å²) in [6.45, 7) is 0.606. The molecule has 0 bridgehead atoms. The van der Waals surface area contributed by atoms with Crippen molar-refractivity contribution in [2.24, 2.45) is 0 Å². The van der Waals surface area contributed by atoms with Gasteiger partial charge in [-0.15, -0.1) is 5.10 Å². The Hall–Kier alpha value is -4.33. The number of aromatic amines is 1. The average Bonchev–Trinajstić information content (AvgIpc) is 3.52. The third kappa shape index (κ3) is 2.74. The predicted molar refractivity (Wildman–Crippen MR) is 113 cm³/mol. The molecule has 6 aromatic rings. The Bertz CT molecular complexity index is 1480. The smallest absolute Gasteiger partial charge is 0.113 e. The zero-order chi connectivity index (χ0) is 19.9. The Labute approximate surface area is 170 Å². The van der Waals surface area contributed by atoms with E-state index in [2.05, 4.69) is 36.7 Å². The maximum Gasteiger partial charge on any atom is 0.113 e. The van der Waals surface area contributed by atoms with Crippen LogP contribution in [0.1, 0.15) is 5.69 Å². The van der Waals surface area contributed by atoms with E-state index in [1.807, 2.05) is 70.2 Å². The van der Waals surface area contributed by atoms with E-state index in [9.17, 15) is 0 Å². The molecule has 0 spiro atoms. The van der Waals surface area contributed by atoms with Crippen LogP contribution in [0.2, 0.25) is 0 Å². The van der Waals surface area contributed by atoms with Crippen molar-refractivity contribution in [3.8, 4) is 16.9 Å². The molecule has 2 aromatic carbocycles. The van der Waals surface area contributed by atoms with Gasteiger partial charge >= 0.3 is 0 Å². The monoisotopic (exact) mass is 392 g/mol. The molecular formula is C22H16N8. The van der Waals surface area contributed by atoms with Crippen LogP contribution >= 0.6 is 0 Å². The topological polar surface area (TPSA) is 90.1 Å². The number of rotatable bonds is 4. The van der Waals surface area contributed by atoms with Gasteiger partial charge in [-0.25, -0.2) is 4.68 Å². The van der Waals surface area contributed by atoms with Gasteiger partial charge in [0.1, 0.15) is 5.52 Å². The van der Waals surface area contributed by atoms with E-state index in [-0.39, 0.29) is 0 Å². The zero-order valence-corrected chi connectivity index (χ0v) is 15.8. The quantitative estimate of drug-likeness (QED) is 0.495. The minimum Gasteiger partial charge on any atom is -0.278 e. The fourth-order valence-corrected chi connectivity index (χ4v) is 3.67. The molecule has 8 nitrogen and oxygen atoms in total. The van der Waals surface area contributed by atoms with Crippen molar-refractivity contribution in [3.05, 3.63) is 84.9 Å². The molecule has 0 aliphatic heterocycles. The minimum atomic E-state index is 0.606. The molecule has 0 aliphatic rings. The molecule has 8 heteroatoms. The van der Waals surface area contributed by atoms with Gasteiger partial charge in [-0.1, -0.05) is 17.3 Å². The van der Waals surface area contributed by atoms with Gasteiger partial charge < -0.3 is 0 Å². The van der Waals surface area contributed by atoms with Crippen LogP contribution < -0.4 is 0 Å². The first-order valence-electron chi connectivity index (χ1n) is 9.56. The summed E-state index contributed by atoms with van der Waals surface area (Å²) in [6.07, 6.45) is 5.41. The molecule has 0 aliphatic carbocycles. The van der Waals surface area contributed by atoms with E-state index < -0.39 is 0 Å². The fourth-order valence-electron chi connectivity index (χ4n) is 3.67. The van der Waals surface area contributed by atoms with Gasteiger partial charge in [-0.3, -0.25) is 14.8 Å². The number of hydrogen-bond donors (Lipinski definition) is 1. The number of nitrogens with zero attached hydrogens (tertiary/aromatic N) is 7. The largest absolute Gasteiger partial charge is 0.278 e. The van der Waals surface area contributed by atoms with E-state index in [1.54, 1.807) is 12.4 Å². The van der Waals surface area contributed by atoms with Crippen LogP contribution in [0, 0.1) is 0 Å². The van der Waals surface area contributed by atoms with Gasteiger partial charge in [-0.2, -0.15) is 10.2 Å². The number of H-pyrrole nitrogens is 1. The maximum atomic E-state index is 4.49. The number of aromatic nitrogens is 8. The van der Waals surface area contributed by atoms with Crippen molar-refractivity contribution in [2.45, 2.75) is 6.54 Å². The third-order valence-corrected chi connectivity index (χ3v) is 5.17. The van der Waals surface area contributed by atoms with Crippen molar-refractivity contribution in [3.63, 3.8) is 0 Å². The number of pyridine rings is 1. The lowest BCUT2D eigenvalue weighted by Crippen LogP contribution is -2.05. The van der Waals surface area contributed by atoms with E-state index in [0.29, 0.717) is 6.54 Å². The van der Waals surface area contributed by atoms with Gasteiger partial charge in [0.15, 0.2) is 0 Å². The van der Waals surface area contributed by atoms with Crippen LogP contribution in [0.5, 0.6) is 0 Å². The lowest BCUT2D eigenvalue weighted by atomic mass is 10.1. The van der Waals surface area contributed by atoms with Crippen LogP contribution in [0.4, 0.5) is 0 Å². The lowest BCUT2D eigenvalue weighted by Gasteiger charge is -2.08. The van der Waals surface area contributed by atoms with Crippen LogP contribution in [0.15, 0.2) is 79.3 Å². The van der Waals surface area contributed by atoms with E-state index in [4.69, 9.17) is 0 Å². The molecule has 6 rings (SSSR count). The molecular weight excluding hydrogens is 376 g/mol. The summed E-state index contributed by atoms with van der Waals surface area (Å²) in [7, 11) is 0. The second kappa shape index (κ2) is 6.63. The predicted octanol–water partition coefficient (Wildman–Crippen LogP) is 3.60. The number of fused-ring (bicyclic) bond motifs is 2. The van der Waals surface area contributed by atoms with Crippen LogP contribution in [-0.4, -0.2) is 40.0 Å². The molecule has 144 valence electrons. The number of benzene rings is 2. The van der Waals surface area contributed by atoms with Crippen molar-refractivity contribution in [1.82, 2.24) is 40.0 Å². The van der Waals surface area contributed by atoms with Gasteiger partial charge in [0.2, 0.25) is 0 Å². The summed E-state index contributed by atoms with van der Waals surface area (Å²) in [5, 5.41) is 21.3. The summed E-state index contributed by atoms with van der Waals surface area (Å²) in [5.74, 6) is 0. The number of nitrogens with one attached hydrogen (secondary N) is 1. The molecule has 0 amide bonds. The molecule has 0 fully saturated rings. The van der Waals surface area contributed by atoms with Gasteiger partial charge in [0.05, 0.1) is 40.9 Å². The fraction of sp³-hybridized carbons (Fsp3) is 0.0455. The van der Waals surface area contributed by atoms with E-state index in [1.165, 1.54) is 0 Å². The van der Waals surface area contributed by atoms with Crippen LogP contribution in [-0.2, 0) is 6.54 Å². The van der Waals surface area contributed by atoms with Crippen LogP contribution in [0.3, 0.4) is 0 Å². The lowest BCUT2D eigenvalue weighted by molar-refractivity contribution is 0.680. The molecule has 0 saturated heterocycles. The standard InChI is InChI=1S/C22H16N8/c1-2-9-23-17(3-1)14-29-21(8-10-25-29)15-5-7-19-22(11-15)30(28-27-19)18-6-4-16-13-24-26-20(16)12-18/h1-13H,14H2,(H,24,26). The van der Waals surface area contributed by atoms with Gasteiger partial charge in [0.25, 0.3) is 0 Å². The van der Waals surface area contributed by atoms with E-state index >= 15 is 0 Å². The first-order valence-corrected chi connectivity index (χ1v) is 9.56. The zero-order valence-electron chi connectivity index (χ0n) is 15.8. The first kappa shape index (κ1) is 16.6. The average molecular weight is 392 g/mol. The van der Waals surface area contributed by atoms with Crippen molar-refractivity contribution >= 4 is 21.9 Å². The normalized spacial score (nSPS) is 11.5. The SMILES string of the molecule is c1ccc(Cn2nccc2-c2ccc3nnn(-c4ccc5cn[nH]c5c4)c3c2)nc1.